The van der Waals surface area contributed by atoms with Crippen molar-refractivity contribution in [2.45, 2.75) is 11.3 Å². The minimum absolute atomic E-state index is 0.301. The summed E-state index contributed by atoms with van der Waals surface area (Å²) in [6.45, 7) is 4.49. The van der Waals surface area contributed by atoms with E-state index < -0.39 is 20.7 Å². The van der Waals surface area contributed by atoms with E-state index in [1.807, 2.05) is 54.8 Å². The zero-order valence-corrected chi connectivity index (χ0v) is 18.4. The Balaban J connectivity index is 0.000000193. The number of benzene rings is 2. The molecule has 2 N–H and O–H groups in total. The average Bonchev–Trinajstić information content (AvgIpc) is 2.80. The molecule has 168 valence electrons. The van der Waals surface area contributed by atoms with Gasteiger partial charge in [-0.15, -0.1) is 6.58 Å². The largest absolute Gasteiger partial charge is 0.479 e. The fourth-order valence-electron chi connectivity index (χ4n) is 3.57. The van der Waals surface area contributed by atoms with Crippen LogP contribution in [0.2, 0.25) is 0 Å². The van der Waals surface area contributed by atoms with Crippen molar-refractivity contribution >= 4 is 15.8 Å². The van der Waals surface area contributed by atoms with Crippen LogP contribution in [0.1, 0.15) is 11.1 Å². The molecule has 2 heterocycles. The van der Waals surface area contributed by atoms with Gasteiger partial charge in [0.15, 0.2) is 15.6 Å². The standard InChI is InChI=1S/C13H15NO4S.C11H11NO/c1-2-9-19(17,18)13(12(15)16)11-6-4-3-5-10(11)7-8-14-13;1-3-7-11(8-4-1)13-12-9-5-2-6-10-12/h2-6,14H,1,7-9H2,(H,15,16);1-9H,10H2. The minimum atomic E-state index is -3.94. The summed E-state index contributed by atoms with van der Waals surface area (Å²) in [5.41, 5.74) is 1.05. The topological polar surface area (TPSA) is 95.9 Å². The van der Waals surface area contributed by atoms with Crippen LogP contribution in [0.5, 0.6) is 5.75 Å². The summed E-state index contributed by atoms with van der Waals surface area (Å²) in [5, 5.41) is 14.0. The van der Waals surface area contributed by atoms with Gasteiger partial charge in [-0.05, 0) is 30.2 Å². The predicted molar refractivity (Wildman–Crippen MR) is 124 cm³/mol. The Bertz CT molecular complexity index is 1110. The maximum atomic E-state index is 12.4. The summed E-state index contributed by atoms with van der Waals surface area (Å²) < 4.78 is 24.8. The van der Waals surface area contributed by atoms with Crippen molar-refractivity contribution in [3.8, 4) is 5.75 Å². The van der Waals surface area contributed by atoms with Gasteiger partial charge in [0.1, 0.15) is 0 Å². The van der Waals surface area contributed by atoms with Gasteiger partial charge in [-0.2, -0.15) is 0 Å². The molecule has 4 rings (SSSR count). The van der Waals surface area contributed by atoms with Crippen LogP contribution in [0.25, 0.3) is 0 Å². The number of aliphatic carboxylic acids is 1. The highest BCUT2D eigenvalue weighted by atomic mass is 32.2. The molecule has 2 aliphatic rings. The van der Waals surface area contributed by atoms with Gasteiger partial charge in [0.05, 0.1) is 12.3 Å². The van der Waals surface area contributed by atoms with Crippen molar-refractivity contribution in [1.82, 2.24) is 10.4 Å². The van der Waals surface area contributed by atoms with Crippen LogP contribution in [-0.4, -0.2) is 43.4 Å². The number of rotatable bonds is 6. The second kappa shape index (κ2) is 10.3. The number of carboxylic acids is 1. The smallest absolute Gasteiger partial charge is 0.344 e. The molecule has 7 nitrogen and oxygen atoms in total. The fourth-order valence-corrected chi connectivity index (χ4v) is 5.25. The molecule has 2 aliphatic heterocycles. The fraction of sp³-hybridized carbons (Fsp3) is 0.208. The van der Waals surface area contributed by atoms with Crippen molar-refractivity contribution < 1.29 is 23.2 Å². The molecule has 0 spiro atoms. The first-order chi connectivity index (χ1) is 15.4. The summed E-state index contributed by atoms with van der Waals surface area (Å²) in [4.78, 5) is 15.2. The number of hydroxylamine groups is 2. The number of sulfone groups is 1. The van der Waals surface area contributed by atoms with Gasteiger partial charge in [-0.3, -0.25) is 5.32 Å². The first kappa shape index (κ1) is 23.3. The summed E-state index contributed by atoms with van der Waals surface area (Å²) in [6, 6.07) is 16.5. The molecule has 0 saturated heterocycles. The molecule has 2 aromatic rings. The van der Waals surface area contributed by atoms with Crippen molar-refractivity contribution in [3.63, 3.8) is 0 Å². The highest BCUT2D eigenvalue weighted by Crippen LogP contribution is 2.34. The van der Waals surface area contributed by atoms with Gasteiger partial charge in [-0.1, -0.05) is 60.7 Å². The van der Waals surface area contributed by atoms with Crippen molar-refractivity contribution in [2.24, 2.45) is 0 Å². The summed E-state index contributed by atoms with van der Waals surface area (Å²) in [7, 11) is -3.94. The third kappa shape index (κ3) is 4.92. The van der Waals surface area contributed by atoms with Crippen LogP contribution in [0.15, 0.2) is 91.7 Å². The van der Waals surface area contributed by atoms with Crippen molar-refractivity contribution in [3.05, 3.63) is 103 Å². The summed E-state index contributed by atoms with van der Waals surface area (Å²) in [5.74, 6) is -0.926. The molecule has 0 bridgehead atoms. The molecule has 1 unspecified atom stereocenters. The van der Waals surface area contributed by atoms with Crippen LogP contribution in [0.3, 0.4) is 0 Å². The Morgan fingerprint density at radius 2 is 1.88 bits per heavy atom. The van der Waals surface area contributed by atoms with Gasteiger partial charge in [0.2, 0.25) is 4.87 Å². The predicted octanol–water partition coefficient (Wildman–Crippen LogP) is 3.04. The third-order valence-corrected chi connectivity index (χ3v) is 7.17. The molecule has 8 heteroatoms. The molecular formula is C24H26N2O5S. The second-order valence-electron chi connectivity index (χ2n) is 7.16. The molecule has 2 aromatic carbocycles. The number of fused-ring (bicyclic) bond motifs is 1. The van der Waals surface area contributed by atoms with Gasteiger partial charge >= 0.3 is 5.97 Å². The molecule has 1 atom stereocenters. The monoisotopic (exact) mass is 454 g/mol. The second-order valence-corrected chi connectivity index (χ2v) is 9.34. The highest BCUT2D eigenvalue weighted by Gasteiger charge is 2.54. The molecule has 0 amide bonds. The summed E-state index contributed by atoms with van der Waals surface area (Å²) >= 11 is 0. The average molecular weight is 455 g/mol. The zero-order chi connectivity index (χ0) is 23.0. The number of hydrogen-bond acceptors (Lipinski definition) is 6. The zero-order valence-electron chi connectivity index (χ0n) is 17.6. The van der Waals surface area contributed by atoms with Crippen LogP contribution < -0.4 is 10.2 Å². The Morgan fingerprint density at radius 1 is 1.16 bits per heavy atom. The lowest BCUT2D eigenvalue weighted by Crippen LogP contribution is -2.58. The normalized spacial score (nSPS) is 19.3. The van der Waals surface area contributed by atoms with Crippen LogP contribution in [-0.2, 0) is 25.9 Å². The summed E-state index contributed by atoms with van der Waals surface area (Å²) in [6.07, 6.45) is 9.72. The van der Waals surface area contributed by atoms with Crippen LogP contribution >= 0.6 is 0 Å². The number of para-hydroxylation sites is 1. The van der Waals surface area contributed by atoms with Crippen molar-refractivity contribution in [1.29, 1.82) is 0 Å². The van der Waals surface area contributed by atoms with E-state index in [1.165, 1.54) is 6.08 Å². The number of carbonyl (C=O) groups is 1. The van der Waals surface area contributed by atoms with Crippen molar-refractivity contribution in [2.75, 3.05) is 18.8 Å². The van der Waals surface area contributed by atoms with Gasteiger partial charge < -0.3 is 9.94 Å². The molecule has 0 radical (unpaired) electrons. The van der Waals surface area contributed by atoms with E-state index in [1.54, 1.807) is 29.3 Å². The van der Waals surface area contributed by atoms with Gasteiger partial charge in [0, 0.05) is 18.3 Å². The number of hydrogen-bond donors (Lipinski definition) is 2. The number of nitrogens with zero attached hydrogens (tertiary/aromatic N) is 1. The van der Waals surface area contributed by atoms with E-state index >= 15 is 0 Å². The van der Waals surface area contributed by atoms with E-state index in [-0.39, 0.29) is 5.75 Å². The van der Waals surface area contributed by atoms with E-state index in [4.69, 9.17) is 4.84 Å². The number of allylic oxidation sites excluding steroid dienone is 2. The van der Waals surface area contributed by atoms with E-state index in [9.17, 15) is 18.3 Å². The lowest BCUT2D eigenvalue weighted by Gasteiger charge is -2.35. The first-order valence-electron chi connectivity index (χ1n) is 10.1. The van der Waals surface area contributed by atoms with Crippen LogP contribution in [0, 0.1) is 0 Å². The third-order valence-electron chi connectivity index (χ3n) is 5.02. The lowest BCUT2D eigenvalue weighted by molar-refractivity contribution is -0.141. The Labute approximate surface area is 188 Å². The van der Waals surface area contributed by atoms with E-state index in [0.717, 1.165) is 17.9 Å². The Morgan fingerprint density at radius 3 is 2.53 bits per heavy atom. The highest BCUT2D eigenvalue weighted by molar-refractivity contribution is 7.93. The maximum Gasteiger partial charge on any atom is 0.344 e. The molecule has 0 saturated carbocycles. The number of carboxylic acid groups (broad SMARTS) is 1. The molecule has 0 aliphatic carbocycles. The SMILES string of the molecule is C1=CCN(Oc2ccccc2)C=C1.C=CCS(=O)(=O)C1(C(=O)O)NCCc2ccccc21. The molecular weight excluding hydrogens is 428 g/mol. The van der Waals surface area contributed by atoms with Gasteiger partial charge in [0.25, 0.3) is 0 Å². The quantitative estimate of drug-likeness (QED) is 0.648. The maximum absolute atomic E-state index is 12.4. The van der Waals surface area contributed by atoms with E-state index in [2.05, 4.69) is 11.9 Å². The Kier molecular flexibility index (Phi) is 7.50. The minimum Gasteiger partial charge on any atom is -0.479 e. The molecule has 0 fully saturated rings. The first-order valence-corrected chi connectivity index (χ1v) is 11.8. The van der Waals surface area contributed by atoms with Crippen LogP contribution in [0.4, 0.5) is 0 Å². The molecule has 0 aromatic heterocycles. The van der Waals surface area contributed by atoms with Gasteiger partial charge in [-0.25, -0.2) is 18.3 Å². The number of nitrogens with one attached hydrogen (secondary N) is 1. The molecule has 32 heavy (non-hydrogen) atoms. The van der Waals surface area contributed by atoms with E-state index in [0.29, 0.717) is 18.5 Å². The lowest BCUT2D eigenvalue weighted by atomic mass is 9.94. The Hall–Kier alpha value is -3.36.